The van der Waals surface area contributed by atoms with Crippen LogP contribution in [0.1, 0.15) is 24.8 Å². The molecule has 0 bridgehead atoms. The van der Waals surface area contributed by atoms with Crippen molar-refractivity contribution in [2.45, 2.75) is 24.7 Å². The van der Waals surface area contributed by atoms with Crippen molar-refractivity contribution in [3.8, 4) is 0 Å². The van der Waals surface area contributed by atoms with Crippen molar-refractivity contribution in [3.05, 3.63) is 29.8 Å². The second-order valence-electron chi connectivity index (χ2n) is 4.32. The fourth-order valence-corrected chi connectivity index (χ4v) is 2.73. The summed E-state index contributed by atoms with van der Waals surface area (Å²) in [6, 6.07) is 8.18. The molecule has 1 heterocycles. The topological polar surface area (TPSA) is 20.3 Å². The number of benzene rings is 1. The number of likely N-dealkylation sites (N-methyl/N-ethyl adjacent to an activating group) is 1. The maximum absolute atomic E-state index is 12.1. The molecule has 2 heteroatoms. The Morgan fingerprint density at radius 2 is 2.00 bits per heavy atom. The van der Waals surface area contributed by atoms with Gasteiger partial charge in [-0.2, -0.15) is 0 Å². The van der Waals surface area contributed by atoms with E-state index in [0.29, 0.717) is 5.91 Å². The van der Waals surface area contributed by atoms with E-state index in [1.165, 1.54) is 12.0 Å². The van der Waals surface area contributed by atoms with Crippen molar-refractivity contribution in [2.24, 2.45) is 0 Å². The van der Waals surface area contributed by atoms with E-state index in [4.69, 9.17) is 0 Å². The standard InChI is InChI=1S/C12H13NO/c1-13-10-6-3-2-5-9(10)12(11(13)14)7-4-8-12/h2-3,5-6H,4,7-8H2,1H3. The van der Waals surface area contributed by atoms with Gasteiger partial charge in [0.1, 0.15) is 0 Å². The zero-order valence-electron chi connectivity index (χ0n) is 8.29. The molecule has 2 aliphatic rings. The number of carbonyl (C=O) groups is 1. The van der Waals surface area contributed by atoms with Gasteiger partial charge in [-0.1, -0.05) is 24.6 Å². The summed E-state index contributed by atoms with van der Waals surface area (Å²) in [5, 5.41) is 0. The van der Waals surface area contributed by atoms with E-state index >= 15 is 0 Å². The summed E-state index contributed by atoms with van der Waals surface area (Å²) in [5.41, 5.74) is 2.22. The van der Waals surface area contributed by atoms with Crippen molar-refractivity contribution in [2.75, 3.05) is 11.9 Å². The zero-order valence-corrected chi connectivity index (χ0v) is 8.29. The van der Waals surface area contributed by atoms with Gasteiger partial charge in [0.2, 0.25) is 5.91 Å². The molecule has 1 amide bonds. The van der Waals surface area contributed by atoms with Gasteiger partial charge in [0.15, 0.2) is 0 Å². The number of amides is 1. The molecule has 0 radical (unpaired) electrons. The maximum Gasteiger partial charge on any atom is 0.237 e. The highest BCUT2D eigenvalue weighted by Gasteiger charge is 2.53. The molecule has 0 N–H and O–H groups in total. The Kier molecular flexibility index (Phi) is 1.37. The highest BCUT2D eigenvalue weighted by atomic mass is 16.2. The van der Waals surface area contributed by atoms with Gasteiger partial charge in [0.05, 0.1) is 5.41 Å². The first-order valence-corrected chi connectivity index (χ1v) is 5.13. The SMILES string of the molecule is CN1C(=O)C2(CCC2)c2ccccc21. The first kappa shape index (κ1) is 8.04. The van der Waals surface area contributed by atoms with Crippen molar-refractivity contribution in [1.82, 2.24) is 0 Å². The van der Waals surface area contributed by atoms with Crippen molar-refractivity contribution < 1.29 is 4.79 Å². The molecule has 0 unspecified atom stereocenters. The lowest BCUT2D eigenvalue weighted by Crippen LogP contribution is -2.43. The van der Waals surface area contributed by atoms with Crippen LogP contribution in [0.3, 0.4) is 0 Å². The Balaban J connectivity index is 2.23. The normalized spacial score (nSPS) is 22.4. The summed E-state index contributed by atoms with van der Waals surface area (Å²) in [5.74, 6) is 0.296. The van der Waals surface area contributed by atoms with E-state index in [2.05, 4.69) is 6.07 Å². The largest absolute Gasteiger partial charge is 0.314 e. The van der Waals surface area contributed by atoms with Gasteiger partial charge in [0.25, 0.3) is 0 Å². The summed E-state index contributed by atoms with van der Waals surface area (Å²) in [4.78, 5) is 13.9. The predicted octanol–water partition coefficient (Wildman–Crippen LogP) is 2.08. The minimum Gasteiger partial charge on any atom is -0.314 e. The third kappa shape index (κ3) is 0.707. The summed E-state index contributed by atoms with van der Waals surface area (Å²) in [6.45, 7) is 0. The molecule has 1 saturated carbocycles. The van der Waals surface area contributed by atoms with E-state index in [1.54, 1.807) is 0 Å². The molecule has 14 heavy (non-hydrogen) atoms. The van der Waals surface area contributed by atoms with Crippen LogP contribution in [0.15, 0.2) is 24.3 Å². The Hall–Kier alpha value is -1.31. The van der Waals surface area contributed by atoms with Crippen LogP contribution < -0.4 is 4.90 Å². The second-order valence-corrected chi connectivity index (χ2v) is 4.32. The van der Waals surface area contributed by atoms with Gasteiger partial charge in [0, 0.05) is 12.7 Å². The molecule has 1 spiro atoms. The van der Waals surface area contributed by atoms with E-state index < -0.39 is 0 Å². The Labute approximate surface area is 83.5 Å². The monoisotopic (exact) mass is 187 g/mol. The molecule has 0 aromatic heterocycles. The van der Waals surface area contributed by atoms with Crippen LogP contribution in [-0.2, 0) is 10.2 Å². The van der Waals surface area contributed by atoms with Gasteiger partial charge in [-0.05, 0) is 24.5 Å². The van der Waals surface area contributed by atoms with Gasteiger partial charge in [-0.3, -0.25) is 4.79 Å². The molecular weight excluding hydrogens is 174 g/mol. The highest BCUT2D eigenvalue weighted by molar-refractivity contribution is 6.08. The van der Waals surface area contributed by atoms with Crippen LogP contribution in [0.4, 0.5) is 5.69 Å². The quantitative estimate of drug-likeness (QED) is 0.609. The number of hydrogen-bond donors (Lipinski definition) is 0. The van der Waals surface area contributed by atoms with Gasteiger partial charge in [-0.15, -0.1) is 0 Å². The maximum atomic E-state index is 12.1. The van der Waals surface area contributed by atoms with Crippen LogP contribution in [0.5, 0.6) is 0 Å². The number of hydrogen-bond acceptors (Lipinski definition) is 1. The van der Waals surface area contributed by atoms with Crippen molar-refractivity contribution in [3.63, 3.8) is 0 Å². The lowest BCUT2D eigenvalue weighted by atomic mass is 9.65. The van der Waals surface area contributed by atoms with Gasteiger partial charge < -0.3 is 4.90 Å². The van der Waals surface area contributed by atoms with E-state index in [0.717, 1.165) is 18.5 Å². The van der Waals surface area contributed by atoms with Gasteiger partial charge in [-0.25, -0.2) is 0 Å². The Morgan fingerprint density at radius 3 is 2.64 bits per heavy atom. The molecule has 3 rings (SSSR count). The molecule has 1 aliphatic carbocycles. The van der Waals surface area contributed by atoms with E-state index in [-0.39, 0.29) is 5.41 Å². The average molecular weight is 187 g/mol. The Morgan fingerprint density at radius 1 is 1.29 bits per heavy atom. The molecule has 1 fully saturated rings. The van der Waals surface area contributed by atoms with Crippen molar-refractivity contribution >= 4 is 11.6 Å². The average Bonchev–Trinajstić information content (AvgIpc) is 2.37. The van der Waals surface area contributed by atoms with Crippen molar-refractivity contribution in [1.29, 1.82) is 0 Å². The van der Waals surface area contributed by atoms with E-state index in [9.17, 15) is 4.79 Å². The van der Waals surface area contributed by atoms with Crippen LogP contribution in [0.2, 0.25) is 0 Å². The minimum atomic E-state index is -0.134. The molecule has 1 aromatic rings. The van der Waals surface area contributed by atoms with E-state index in [1.807, 2.05) is 30.1 Å². The summed E-state index contributed by atoms with van der Waals surface area (Å²) < 4.78 is 0. The number of rotatable bonds is 0. The van der Waals surface area contributed by atoms with Crippen LogP contribution in [0, 0.1) is 0 Å². The summed E-state index contributed by atoms with van der Waals surface area (Å²) in [7, 11) is 1.88. The number of carbonyl (C=O) groups excluding carboxylic acids is 1. The predicted molar refractivity (Wildman–Crippen MR) is 55.4 cm³/mol. The third-order valence-corrected chi connectivity index (χ3v) is 3.70. The first-order chi connectivity index (χ1) is 6.76. The van der Waals surface area contributed by atoms with Gasteiger partial charge >= 0.3 is 0 Å². The molecule has 0 atom stereocenters. The number of nitrogens with zero attached hydrogens (tertiary/aromatic N) is 1. The molecule has 2 nitrogen and oxygen atoms in total. The highest BCUT2D eigenvalue weighted by Crippen LogP contribution is 2.52. The smallest absolute Gasteiger partial charge is 0.237 e. The lowest BCUT2D eigenvalue weighted by Gasteiger charge is -2.36. The molecule has 1 aromatic carbocycles. The zero-order chi connectivity index (χ0) is 9.76. The molecule has 72 valence electrons. The fourth-order valence-electron chi connectivity index (χ4n) is 2.73. The third-order valence-electron chi connectivity index (χ3n) is 3.70. The summed E-state index contributed by atoms with van der Waals surface area (Å²) >= 11 is 0. The van der Waals surface area contributed by atoms with Crippen LogP contribution >= 0.6 is 0 Å². The number of para-hydroxylation sites is 1. The van der Waals surface area contributed by atoms with Crippen LogP contribution in [-0.4, -0.2) is 13.0 Å². The number of anilines is 1. The first-order valence-electron chi connectivity index (χ1n) is 5.13. The Bertz CT molecular complexity index is 407. The van der Waals surface area contributed by atoms with Crippen LogP contribution in [0.25, 0.3) is 0 Å². The second kappa shape index (κ2) is 2.38. The molecule has 0 saturated heterocycles. The minimum absolute atomic E-state index is 0.134. The molecule has 1 aliphatic heterocycles. The number of fused-ring (bicyclic) bond motifs is 2. The fraction of sp³-hybridized carbons (Fsp3) is 0.417. The molecular formula is C12H13NO. The summed E-state index contributed by atoms with van der Waals surface area (Å²) in [6.07, 6.45) is 3.26. The lowest BCUT2D eigenvalue weighted by molar-refractivity contribution is -0.125.